The Morgan fingerprint density at radius 2 is 2.00 bits per heavy atom. The van der Waals surface area contributed by atoms with Crippen LogP contribution in [0.3, 0.4) is 0 Å². The van der Waals surface area contributed by atoms with Gasteiger partial charge < -0.3 is 4.90 Å². The van der Waals surface area contributed by atoms with Crippen LogP contribution in [0.15, 0.2) is 18.2 Å². The Kier molecular flexibility index (Phi) is 4.35. The molecule has 19 heavy (non-hydrogen) atoms. The summed E-state index contributed by atoms with van der Waals surface area (Å²) in [5.74, 6) is -0.543. The molecule has 1 aromatic rings. The van der Waals surface area contributed by atoms with Crippen molar-refractivity contribution in [3.63, 3.8) is 0 Å². The molecule has 0 aromatic heterocycles. The van der Waals surface area contributed by atoms with Crippen molar-refractivity contribution in [2.45, 2.75) is 45.1 Å². The molecule has 1 fully saturated rings. The summed E-state index contributed by atoms with van der Waals surface area (Å²) in [6, 6.07) is 4.21. The van der Waals surface area contributed by atoms with Gasteiger partial charge in [0.05, 0.1) is 11.0 Å². The van der Waals surface area contributed by atoms with Crippen LogP contribution in [0.1, 0.15) is 39.0 Å². The molecule has 1 aliphatic carbocycles. The molecule has 1 aromatic carbocycles. The van der Waals surface area contributed by atoms with Crippen LogP contribution < -0.4 is 4.90 Å². The molecule has 0 spiro atoms. The second-order valence-corrected chi connectivity index (χ2v) is 5.00. The van der Waals surface area contributed by atoms with Gasteiger partial charge in [-0.15, -0.1) is 0 Å². The Morgan fingerprint density at radius 3 is 2.58 bits per heavy atom. The molecule has 4 nitrogen and oxygen atoms in total. The van der Waals surface area contributed by atoms with Crippen LogP contribution in [0.2, 0.25) is 0 Å². The predicted molar refractivity (Wildman–Crippen MR) is 72.9 cm³/mol. The van der Waals surface area contributed by atoms with Gasteiger partial charge >= 0.3 is 0 Å². The van der Waals surface area contributed by atoms with Crippen LogP contribution >= 0.6 is 0 Å². The molecule has 5 heteroatoms. The highest BCUT2D eigenvalue weighted by molar-refractivity contribution is 5.54. The molecule has 1 aliphatic rings. The molecule has 0 heterocycles. The van der Waals surface area contributed by atoms with E-state index in [9.17, 15) is 14.5 Å². The molecule has 0 N–H and O–H groups in total. The average Bonchev–Trinajstić information content (AvgIpc) is 2.40. The van der Waals surface area contributed by atoms with E-state index in [2.05, 4.69) is 4.90 Å². The fourth-order valence-corrected chi connectivity index (χ4v) is 2.87. The fraction of sp³-hybridized carbons (Fsp3) is 0.571. The minimum Gasteiger partial charge on any atom is -0.369 e. The summed E-state index contributed by atoms with van der Waals surface area (Å²) in [4.78, 5) is 12.4. The molecule has 104 valence electrons. The van der Waals surface area contributed by atoms with E-state index in [0.717, 1.165) is 25.5 Å². The van der Waals surface area contributed by atoms with Crippen LogP contribution in [-0.2, 0) is 0 Å². The van der Waals surface area contributed by atoms with Crippen molar-refractivity contribution in [3.05, 3.63) is 34.1 Å². The Hall–Kier alpha value is -1.65. The van der Waals surface area contributed by atoms with Gasteiger partial charge in [-0.05, 0) is 25.8 Å². The molecule has 0 atom stereocenters. The molecule has 0 saturated heterocycles. The summed E-state index contributed by atoms with van der Waals surface area (Å²) in [7, 11) is 0. The van der Waals surface area contributed by atoms with Gasteiger partial charge in [0.25, 0.3) is 5.69 Å². The minimum atomic E-state index is -0.543. The third kappa shape index (κ3) is 3.22. The quantitative estimate of drug-likeness (QED) is 0.613. The predicted octanol–water partition coefficient (Wildman–Crippen LogP) is 3.89. The Morgan fingerprint density at radius 1 is 1.32 bits per heavy atom. The topological polar surface area (TPSA) is 46.4 Å². The van der Waals surface area contributed by atoms with E-state index in [4.69, 9.17) is 0 Å². The van der Waals surface area contributed by atoms with Crippen molar-refractivity contribution in [2.75, 3.05) is 11.4 Å². The zero-order valence-corrected chi connectivity index (χ0v) is 11.1. The number of halogens is 1. The molecule has 0 aliphatic heterocycles. The van der Waals surface area contributed by atoms with Crippen molar-refractivity contribution in [2.24, 2.45) is 0 Å². The number of hydrogen-bond acceptors (Lipinski definition) is 3. The largest absolute Gasteiger partial charge is 0.369 e. The van der Waals surface area contributed by atoms with Crippen LogP contribution in [-0.4, -0.2) is 17.5 Å². The highest BCUT2D eigenvalue weighted by atomic mass is 19.1. The van der Waals surface area contributed by atoms with Crippen molar-refractivity contribution in [1.82, 2.24) is 0 Å². The molecular formula is C14H19FN2O2. The van der Waals surface area contributed by atoms with Gasteiger partial charge in [-0.25, -0.2) is 4.39 Å². The van der Waals surface area contributed by atoms with E-state index in [1.807, 2.05) is 6.92 Å². The second-order valence-electron chi connectivity index (χ2n) is 5.00. The van der Waals surface area contributed by atoms with E-state index >= 15 is 0 Å². The zero-order chi connectivity index (χ0) is 13.8. The molecular weight excluding hydrogens is 247 g/mol. The van der Waals surface area contributed by atoms with Crippen LogP contribution in [0, 0.1) is 15.9 Å². The van der Waals surface area contributed by atoms with E-state index in [-0.39, 0.29) is 5.69 Å². The number of nitro groups is 1. The summed E-state index contributed by atoms with van der Waals surface area (Å²) in [6.07, 6.45) is 5.77. The lowest BCUT2D eigenvalue weighted by atomic mass is 9.94. The summed E-state index contributed by atoms with van der Waals surface area (Å²) in [5, 5.41) is 10.8. The van der Waals surface area contributed by atoms with E-state index < -0.39 is 10.7 Å². The summed E-state index contributed by atoms with van der Waals surface area (Å²) < 4.78 is 13.5. The van der Waals surface area contributed by atoms with Crippen molar-refractivity contribution in [3.8, 4) is 0 Å². The number of nitrogens with zero attached hydrogens (tertiary/aromatic N) is 2. The summed E-state index contributed by atoms with van der Waals surface area (Å²) >= 11 is 0. The van der Waals surface area contributed by atoms with Crippen molar-refractivity contribution in [1.29, 1.82) is 0 Å². The maximum atomic E-state index is 13.5. The second kappa shape index (κ2) is 5.99. The van der Waals surface area contributed by atoms with Crippen molar-refractivity contribution >= 4 is 11.4 Å². The number of non-ortho nitro benzene ring substituents is 1. The van der Waals surface area contributed by atoms with Gasteiger partial charge in [-0.1, -0.05) is 19.3 Å². The van der Waals surface area contributed by atoms with Crippen molar-refractivity contribution < 1.29 is 9.31 Å². The summed E-state index contributed by atoms with van der Waals surface area (Å²) in [5.41, 5.74) is 0.449. The highest BCUT2D eigenvalue weighted by Gasteiger charge is 2.22. The number of rotatable bonds is 4. The first kappa shape index (κ1) is 13.8. The van der Waals surface area contributed by atoms with Crippen LogP contribution in [0.4, 0.5) is 15.8 Å². The maximum Gasteiger partial charge on any atom is 0.274 e. The fourth-order valence-electron chi connectivity index (χ4n) is 2.87. The van der Waals surface area contributed by atoms with E-state index in [1.54, 1.807) is 0 Å². The van der Waals surface area contributed by atoms with Gasteiger partial charge in [0, 0.05) is 24.3 Å². The number of anilines is 1. The Bertz CT molecular complexity index is 459. The van der Waals surface area contributed by atoms with Crippen LogP contribution in [0.25, 0.3) is 0 Å². The standard InChI is InChI=1S/C14H19FN2O2/c1-2-16(12-6-4-3-5-7-12)13-8-11(15)9-14(10-13)17(18)19/h8-10,12H,2-7H2,1H3. The smallest absolute Gasteiger partial charge is 0.274 e. The van der Waals surface area contributed by atoms with Gasteiger partial charge in [0.2, 0.25) is 0 Å². The SMILES string of the molecule is CCN(c1cc(F)cc([N+](=O)[O-])c1)C1CCCCC1. The number of hydrogen-bond donors (Lipinski definition) is 0. The molecule has 0 radical (unpaired) electrons. The third-order valence-electron chi connectivity index (χ3n) is 3.77. The van der Waals surface area contributed by atoms with E-state index in [0.29, 0.717) is 11.7 Å². The van der Waals surface area contributed by atoms with E-state index in [1.165, 1.54) is 31.4 Å². The zero-order valence-electron chi connectivity index (χ0n) is 11.1. The average molecular weight is 266 g/mol. The highest BCUT2D eigenvalue weighted by Crippen LogP contribution is 2.30. The molecule has 1 saturated carbocycles. The Balaban J connectivity index is 2.28. The van der Waals surface area contributed by atoms with Gasteiger partial charge in [-0.3, -0.25) is 10.1 Å². The lowest BCUT2D eigenvalue weighted by molar-refractivity contribution is -0.385. The molecule has 0 unspecified atom stereocenters. The first-order valence-electron chi connectivity index (χ1n) is 6.83. The lowest BCUT2D eigenvalue weighted by Gasteiger charge is -2.35. The van der Waals surface area contributed by atoms with Crippen LogP contribution in [0.5, 0.6) is 0 Å². The lowest BCUT2D eigenvalue weighted by Crippen LogP contribution is -2.36. The first-order chi connectivity index (χ1) is 9.11. The normalized spacial score (nSPS) is 16.3. The first-order valence-corrected chi connectivity index (χ1v) is 6.83. The number of benzene rings is 1. The monoisotopic (exact) mass is 266 g/mol. The maximum absolute atomic E-state index is 13.5. The number of nitro benzene ring substituents is 1. The van der Waals surface area contributed by atoms with Gasteiger partial charge in [-0.2, -0.15) is 0 Å². The molecule has 0 amide bonds. The Labute approximate surface area is 112 Å². The minimum absolute atomic E-state index is 0.177. The third-order valence-corrected chi connectivity index (χ3v) is 3.77. The van der Waals surface area contributed by atoms with Gasteiger partial charge in [0.1, 0.15) is 5.82 Å². The molecule has 0 bridgehead atoms. The van der Waals surface area contributed by atoms with Gasteiger partial charge in [0.15, 0.2) is 0 Å². The summed E-state index contributed by atoms with van der Waals surface area (Å²) in [6.45, 7) is 2.75. The molecule has 2 rings (SSSR count).